The Morgan fingerprint density at radius 1 is 1.33 bits per heavy atom. The maximum absolute atomic E-state index is 10.7. The van der Waals surface area contributed by atoms with E-state index in [1.807, 2.05) is 20.4 Å². The van der Waals surface area contributed by atoms with Gasteiger partial charge in [-0.1, -0.05) is 0 Å². The van der Waals surface area contributed by atoms with Gasteiger partial charge in [0.15, 0.2) is 5.12 Å². The van der Waals surface area contributed by atoms with Crippen molar-refractivity contribution >= 4 is 26.3 Å². The molecule has 0 radical (unpaired) electrons. The van der Waals surface area contributed by atoms with Crippen molar-refractivity contribution in [1.29, 1.82) is 0 Å². The number of carbonyl (C=O) groups is 1. The highest BCUT2D eigenvalue weighted by atomic mass is 32.1. The van der Waals surface area contributed by atoms with Crippen LogP contribution in [0.15, 0.2) is 0 Å². The first-order valence-corrected chi connectivity index (χ1v) is 7.01. The maximum atomic E-state index is 10.7. The van der Waals surface area contributed by atoms with Crippen molar-refractivity contribution in [1.82, 2.24) is 0 Å². The first-order valence-electron chi connectivity index (χ1n) is 4.03. The number of carbonyl (C=O) groups excluding carboxylic acids is 1. The van der Waals surface area contributed by atoms with Gasteiger partial charge in [-0.2, -0.15) is 0 Å². The smallest absolute Gasteiger partial charge is 0.343 e. The third kappa shape index (κ3) is 4.92. The minimum Gasteiger partial charge on any atom is -0.394 e. The van der Waals surface area contributed by atoms with Crippen LogP contribution < -0.4 is 0 Å². The van der Waals surface area contributed by atoms with Crippen LogP contribution in [0, 0.1) is 0 Å². The average molecular weight is 208 g/mol. The van der Waals surface area contributed by atoms with Gasteiger partial charge in [-0.15, -0.1) is 12.6 Å². The van der Waals surface area contributed by atoms with E-state index >= 15 is 0 Å². The van der Waals surface area contributed by atoms with E-state index < -0.39 is 8.56 Å². The summed E-state index contributed by atoms with van der Waals surface area (Å²) in [5.74, 6) is 0. The Morgan fingerprint density at radius 3 is 2.00 bits per heavy atom. The molecular formula is C7H16O3SSi. The maximum Gasteiger partial charge on any atom is 0.343 e. The second-order valence-corrected chi connectivity index (χ2v) is 6.27. The van der Waals surface area contributed by atoms with Crippen molar-refractivity contribution in [2.75, 3.05) is 13.2 Å². The molecule has 0 aliphatic rings. The van der Waals surface area contributed by atoms with Gasteiger partial charge in [-0.3, -0.25) is 4.79 Å². The largest absolute Gasteiger partial charge is 0.394 e. The van der Waals surface area contributed by atoms with Crippen molar-refractivity contribution in [2.45, 2.75) is 26.4 Å². The first-order chi connectivity index (χ1) is 5.54. The fourth-order valence-electron chi connectivity index (χ4n) is 1.03. The van der Waals surface area contributed by atoms with Crippen LogP contribution in [-0.4, -0.2) is 26.9 Å². The molecule has 72 valence electrons. The normalized spacial score (nSPS) is 11.7. The van der Waals surface area contributed by atoms with E-state index in [4.69, 9.17) is 8.85 Å². The summed E-state index contributed by atoms with van der Waals surface area (Å²) in [6, 6.07) is 0.317. The summed E-state index contributed by atoms with van der Waals surface area (Å²) < 4.78 is 10.9. The molecule has 0 heterocycles. The van der Waals surface area contributed by atoms with Crippen LogP contribution in [0.1, 0.15) is 13.8 Å². The minimum atomic E-state index is -2.24. The van der Waals surface area contributed by atoms with E-state index in [0.717, 1.165) is 0 Å². The molecule has 0 atom stereocenters. The fraction of sp³-hybridized carbons (Fsp3) is 0.857. The van der Waals surface area contributed by atoms with Crippen LogP contribution >= 0.6 is 12.6 Å². The van der Waals surface area contributed by atoms with Crippen molar-refractivity contribution in [3.8, 4) is 0 Å². The topological polar surface area (TPSA) is 35.5 Å². The summed E-state index contributed by atoms with van der Waals surface area (Å²) in [5.41, 5.74) is 0. The molecule has 0 saturated carbocycles. The van der Waals surface area contributed by atoms with Gasteiger partial charge in [0, 0.05) is 13.2 Å². The average Bonchev–Trinajstić information content (AvgIpc) is 1.85. The molecule has 0 aromatic rings. The molecule has 0 spiro atoms. The summed E-state index contributed by atoms with van der Waals surface area (Å²) in [6.45, 7) is 6.85. The number of thiol groups is 1. The Balaban J connectivity index is 4.07. The molecule has 0 aromatic carbocycles. The van der Waals surface area contributed by atoms with Gasteiger partial charge < -0.3 is 8.85 Å². The van der Waals surface area contributed by atoms with Gasteiger partial charge in [0.2, 0.25) is 0 Å². The summed E-state index contributed by atoms with van der Waals surface area (Å²) in [6.07, 6.45) is 0. The van der Waals surface area contributed by atoms with Gasteiger partial charge in [-0.05, 0) is 20.4 Å². The number of hydrogen-bond donors (Lipinski definition) is 1. The zero-order valence-electron chi connectivity index (χ0n) is 7.79. The lowest BCUT2D eigenvalue weighted by Crippen LogP contribution is -2.40. The van der Waals surface area contributed by atoms with E-state index in [0.29, 0.717) is 19.3 Å². The van der Waals surface area contributed by atoms with Crippen molar-refractivity contribution in [3.05, 3.63) is 0 Å². The van der Waals surface area contributed by atoms with E-state index in [2.05, 4.69) is 12.6 Å². The molecule has 0 rings (SSSR count). The zero-order valence-corrected chi connectivity index (χ0v) is 9.69. The van der Waals surface area contributed by atoms with Crippen LogP contribution in [0.25, 0.3) is 0 Å². The lowest BCUT2D eigenvalue weighted by molar-refractivity contribution is -0.109. The predicted octanol–water partition coefficient (Wildman–Crippen LogP) is 1.59. The molecule has 3 nitrogen and oxygen atoms in total. The molecule has 0 bridgehead atoms. The monoisotopic (exact) mass is 208 g/mol. The Hall–Kier alpha value is 0.157. The van der Waals surface area contributed by atoms with Crippen molar-refractivity contribution in [2.24, 2.45) is 0 Å². The van der Waals surface area contributed by atoms with Crippen molar-refractivity contribution < 1.29 is 13.6 Å². The Labute approximate surface area is 80.1 Å². The first kappa shape index (κ1) is 12.2. The molecule has 0 saturated heterocycles. The molecule has 0 N–H and O–H groups in total. The third-order valence-electron chi connectivity index (χ3n) is 1.37. The van der Waals surface area contributed by atoms with Gasteiger partial charge in [-0.25, -0.2) is 0 Å². The molecule has 0 aliphatic heterocycles. The van der Waals surface area contributed by atoms with Crippen molar-refractivity contribution in [3.63, 3.8) is 0 Å². The highest BCUT2D eigenvalue weighted by molar-refractivity contribution is 7.96. The van der Waals surface area contributed by atoms with Gasteiger partial charge in [0.05, 0.1) is 6.04 Å². The molecule has 0 unspecified atom stereocenters. The quantitative estimate of drug-likeness (QED) is 0.532. The molecule has 5 heteroatoms. The third-order valence-corrected chi connectivity index (χ3v) is 4.59. The minimum absolute atomic E-state index is 0.161. The lowest BCUT2D eigenvalue weighted by Gasteiger charge is -2.24. The summed E-state index contributed by atoms with van der Waals surface area (Å²) in [7, 11) is -2.24. The summed E-state index contributed by atoms with van der Waals surface area (Å²) in [5, 5.41) is -0.161. The molecule has 0 aliphatic carbocycles. The molecule has 0 aromatic heterocycles. The van der Waals surface area contributed by atoms with Crippen LogP contribution in [0.5, 0.6) is 0 Å². The summed E-state index contributed by atoms with van der Waals surface area (Å²) >= 11 is 3.71. The summed E-state index contributed by atoms with van der Waals surface area (Å²) in [4.78, 5) is 10.7. The molecule has 0 amide bonds. The number of hydrogen-bond acceptors (Lipinski definition) is 3. The van der Waals surface area contributed by atoms with Gasteiger partial charge >= 0.3 is 8.56 Å². The standard InChI is InChI=1S/C7H16O3SSi/c1-4-9-12(3,10-5-2)6-7(8)11/h4-6H2,1-3H3,(H,8,11). The van der Waals surface area contributed by atoms with Gasteiger partial charge in [0.1, 0.15) is 0 Å². The van der Waals surface area contributed by atoms with E-state index in [1.54, 1.807) is 0 Å². The SMILES string of the molecule is CCO[Si](C)(CC(=O)S)OCC. The Kier molecular flexibility index (Phi) is 5.82. The predicted molar refractivity (Wildman–Crippen MR) is 53.7 cm³/mol. The second-order valence-electron chi connectivity index (χ2n) is 2.57. The van der Waals surface area contributed by atoms with Crippen LogP contribution in [0.3, 0.4) is 0 Å². The van der Waals surface area contributed by atoms with Crippen LogP contribution in [0.4, 0.5) is 0 Å². The van der Waals surface area contributed by atoms with Crippen LogP contribution in [-0.2, 0) is 13.6 Å². The highest BCUT2D eigenvalue weighted by Crippen LogP contribution is 2.14. The van der Waals surface area contributed by atoms with Gasteiger partial charge in [0.25, 0.3) is 0 Å². The Bertz CT molecular complexity index is 146. The Morgan fingerprint density at radius 2 is 1.75 bits per heavy atom. The number of rotatable bonds is 6. The molecule has 12 heavy (non-hydrogen) atoms. The fourth-order valence-corrected chi connectivity index (χ4v) is 3.95. The van der Waals surface area contributed by atoms with Crippen LogP contribution in [0.2, 0.25) is 12.6 Å². The second kappa shape index (κ2) is 5.74. The lowest BCUT2D eigenvalue weighted by atomic mass is 10.9. The zero-order chi connectivity index (χ0) is 9.61. The van der Waals surface area contributed by atoms with E-state index in [1.165, 1.54) is 0 Å². The van der Waals surface area contributed by atoms with E-state index in [9.17, 15) is 4.79 Å². The van der Waals surface area contributed by atoms with E-state index in [-0.39, 0.29) is 5.12 Å². The molecule has 0 fully saturated rings. The highest BCUT2D eigenvalue weighted by Gasteiger charge is 2.32. The molecular weight excluding hydrogens is 192 g/mol.